The number of rotatable bonds is 4. The van der Waals surface area contributed by atoms with Gasteiger partial charge in [0.1, 0.15) is 5.75 Å². The quantitative estimate of drug-likeness (QED) is 0.744. The fraction of sp³-hybridized carbons (Fsp3) is 0.680. The number of piperidine rings is 4. The van der Waals surface area contributed by atoms with Gasteiger partial charge in [0.2, 0.25) is 5.91 Å². The fourth-order valence-corrected chi connectivity index (χ4v) is 6.37. The summed E-state index contributed by atoms with van der Waals surface area (Å²) in [5, 5.41) is 0. The minimum Gasteiger partial charge on any atom is -0.484 e. The van der Waals surface area contributed by atoms with Gasteiger partial charge in [-0.15, -0.1) is 0 Å². The Morgan fingerprint density at radius 3 is 2.77 bits per heavy atom. The van der Waals surface area contributed by atoms with Gasteiger partial charge < -0.3 is 14.5 Å². The predicted molar refractivity (Wildman–Crippen MR) is 119 cm³/mol. The highest BCUT2D eigenvalue weighted by molar-refractivity contribution is 5.78. The number of aryl methyl sites for hydroxylation is 1. The molecule has 1 aromatic rings. The maximum absolute atomic E-state index is 12.6. The summed E-state index contributed by atoms with van der Waals surface area (Å²) >= 11 is 0. The van der Waals surface area contributed by atoms with Crippen molar-refractivity contribution in [2.45, 2.75) is 57.5 Å². The first-order chi connectivity index (χ1) is 15.1. The lowest BCUT2D eigenvalue weighted by Gasteiger charge is -2.54. The topological polar surface area (TPSA) is 53.1 Å². The summed E-state index contributed by atoms with van der Waals surface area (Å²) in [6.07, 6.45) is 6.38. The first-order valence-electron chi connectivity index (χ1n) is 12.1. The summed E-state index contributed by atoms with van der Waals surface area (Å²) in [6, 6.07) is 8.89. The third-order valence-electron chi connectivity index (χ3n) is 7.89. The Bertz CT molecular complexity index is 820. The van der Waals surface area contributed by atoms with Crippen molar-refractivity contribution in [3.63, 3.8) is 0 Å². The maximum atomic E-state index is 12.6. The Labute approximate surface area is 185 Å². The van der Waals surface area contributed by atoms with Crippen LogP contribution in [-0.4, -0.2) is 77.9 Å². The molecule has 2 unspecified atom stereocenters. The van der Waals surface area contributed by atoms with E-state index in [-0.39, 0.29) is 12.5 Å². The Hall–Kier alpha value is -2.08. The molecule has 4 aliphatic rings. The van der Waals surface area contributed by atoms with Crippen LogP contribution in [0.3, 0.4) is 0 Å². The molecule has 4 heterocycles. The van der Waals surface area contributed by atoms with Gasteiger partial charge in [-0.05, 0) is 68.6 Å². The number of ether oxygens (including phenoxy) is 1. The lowest BCUT2D eigenvalue weighted by molar-refractivity contribution is -0.146. The number of amides is 2. The molecule has 6 nitrogen and oxygen atoms in total. The minimum atomic E-state index is 0.0897. The maximum Gasteiger partial charge on any atom is 0.260 e. The summed E-state index contributed by atoms with van der Waals surface area (Å²) in [5.41, 5.74) is 1.14. The molecule has 4 saturated heterocycles. The van der Waals surface area contributed by atoms with Crippen LogP contribution in [0, 0.1) is 18.8 Å². The normalized spacial score (nSPS) is 29.6. The number of nitrogens with zero attached hydrogens (tertiary/aromatic N) is 3. The molecule has 31 heavy (non-hydrogen) atoms. The van der Waals surface area contributed by atoms with Gasteiger partial charge in [0.15, 0.2) is 6.61 Å². The van der Waals surface area contributed by atoms with E-state index in [1.807, 2.05) is 36.1 Å². The molecule has 3 atom stereocenters. The highest BCUT2D eigenvalue weighted by atomic mass is 16.5. The minimum absolute atomic E-state index is 0.0897. The SMILES string of the molecule is Cc1cccc(OCC(=O)N2CCC(N3CC4CC(C3)[C@H]3CCCC(=O)N3C4)CC2)c1. The second-order valence-corrected chi connectivity index (χ2v) is 10.0. The van der Waals surface area contributed by atoms with Crippen LogP contribution in [0.25, 0.3) is 0 Å². The Morgan fingerprint density at radius 1 is 1.13 bits per heavy atom. The molecule has 5 rings (SSSR count). The van der Waals surface area contributed by atoms with E-state index in [4.69, 9.17) is 4.74 Å². The molecule has 4 aliphatic heterocycles. The fourth-order valence-electron chi connectivity index (χ4n) is 6.37. The zero-order valence-corrected chi connectivity index (χ0v) is 18.7. The number of benzene rings is 1. The zero-order valence-electron chi connectivity index (χ0n) is 18.7. The van der Waals surface area contributed by atoms with E-state index in [0.29, 0.717) is 29.8 Å². The average Bonchev–Trinajstić information content (AvgIpc) is 2.78. The number of hydrogen-bond donors (Lipinski definition) is 0. The molecule has 0 aliphatic carbocycles. The molecule has 0 spiro atoms. The molecular formula is C25H35N3O3. The van der Waals surface area contributed by atoms with E-state index in [9.17, 15) is 9.59 Å². The van der Waals surface area contributed by atoms with Gasteiger partial charge in [-0.2, -0.15) is 0 Å². The van der Waals surface area contributed by atoms with Gasteiger partial charge in [0.05, 0.1) is 0 Å². The van der Waals surface area contributed by atoms with E-state index in [2.05, 4.69) is 9.80 Å². The third-order valence-corrected chi connectivity index (χ3v) is 7.89. The van der Waals surface area contributed by atoms with Crippen LogP contribution in [0.1, 0.15) is 44.1 Å². The molecule has 0 N–H and O–H groups in total. The lowest BCUT2D eigenvalue weighted by atomic mass is 9.75. The van der Waals surface area contributed by atoms with Crippen molar-refractivity contribution >= 4 is 11.8 Å². The Kier molecular flexibility index (Phi) is 5.91. The van der Waals surface area contributed by atoms with E-state index < -0.39 is 0 Å². The van der Waals surface area contributed by atoms with Crippen molar-refractivity contribution in [2.75, 3.05) is 39.3 Å². The number of hydrogen-bond acceptors (Lipinski definition) is 4. The van der Waals surface area contributed by atoms with Crippen molar-refractivity contribution in [1.82, 2.24) is 14.7 Å². The zero-order chi connectivity index (χ0) is 21.4. The van der Waals surface area contributed by atoms with Gasteiger partial charge in [-0.25, -0.2) is 0 Å². The van der Waals surface area contributed by atoms with Crippen LogP contribution in [0.2, 0.25) is 0 Å². The second kappa shape index (κ2) is 8.81. The molecular weight excluding hydrogens is 390 g/mol. The van der Waals surface area contributed by atoms with Gasteiger partial charge in [-0.3, -0.25) is 14.5 Å². The number of likely N-dealkylation sites (tertiary alicyclic amines) is 2. The van der Waals surface area contributed by atoms with E-state index >= 15 is 0 Å². The lowest BCUT2D eigenvalue weighted by Crippen LogP contribution is -2.62. The van der Waals surface area contributed by atoms with Crippen LogP contribution in [0.15, 0.2) is 24.3 Å². The van der Waals surface area contributed by atoms with Crippen molar-refractivity contribution in [3.05, 3.63) is 29.8 Å². The van der Waals surface area contributed by atoms with Gasteiger partial charge in [-0.1, -0.05) is 12.1 Å². The third kappa shape index (κ3) is 4.45. The predicted octanol–water partition coefficient (Wildman–Crippen LogP) is 2.70. The first-order valence-corrected chi connectivity index (χ1v) is 12.1. The van der Waals surface area contributed by atoms with Crippen LogP contribution in [0.4, 0.5) is 0 Å². The summed E-state index contributed by atoms with van der Waals surface area (Å²) in [7, 11) is 0. The summed E-state index contributed by atoms with van der Waals surface area (Å²) < 4.78 is 5.72. The summed E-state index contributed by atoms with van der Waals surface area (Å²) in [4.78, 5) is 31.9. The monoisotopic (exact) mass is 425 g/mol. The number of carbonyl (C=O) groups excluding carboxylic acids is 2. The molecule has 4 fully saturated rings. The van der Waals surface area contributed by atoms with Crippen LogP contribution in [0.5, 0.6) is 5.75 Å². The highest BCUT2D eigenvalue weighted by Crippen LogP contribution is 2.39. The van der Waals surface area contributed by atoms with Crippen molar-refractivity contribution in [3.8, 4) is 5.75 Å². The molecule has 0 saturated carbocycles. The van der Waals surface area contributed by atoms with Crippen molar-refractivity contribution < 1.29 is 14.3 Å². The molecule has 168 valence electrons. The van der Waals surface area contributed by atoms with Crippen molar-refractivity contribution in [1.29, 1.82) is 0 Å². The van der Waals surface area contributed by atoms with Crippen LogP contribution in [-0.2, 0) is 9.59 Å². The van der Waals surface area contributed by atoms with E-state index in [1.54, 1.807) is 0 Å². The number of carbonyl (C=O) groups is 2. The van der Waals surface area contributed by atoms with Gasteiger partial charge in [0, 0.05) is 51.2 Å². The first kappa shape index (κ1) is 20.8. The molecule has 1 aromatic carbocycles. The largest absolute Gasteiger partial charge is 0.484 e. The molecule has 6 heteroatoms. The van der Waals surface area contributed by atoms with Crippen LogP contribution >= 0.6 is 0 Å². The molecule has 2 bridgehead atoms. The van der Waals surface area contributed by atoms with E-state index in [1.165, 1.54) is 12.8 Å². The number of fused-ring (bicyclic) bond motifs is 4. The second-order valence-electron chi connectivity index (χ2n) is 10.0. The Morgan fingerprint density at radius 2 is 1.97 bits per heavy atom. The Balaban J connectivity index is 1.12. The van der Waals surface area contributed by atoms with Gasteiger partial charge >= 0.3 is 0 Å². The van der Waals surface area contributed by atoms with Gasteiger partial charge in [0.25, 0.3) is 5.91 Å². The summed E-state index contributed by atoms with van der Waals surface area (Å²) in [5.74, 6) is 2.50. The van der Waals surface area contributed by atoms with Crippen LogP contribution < -0.4 is 4.74 Å². The average molecular weight is 426 g/mol. The highest BCUT2D eigenvalue weighted by Gasteiger charge is 2.45. The van der Waals surface area contributed by atoms with Crippen molar-refractivity contribution in [2.24, 2.45) is 11.8 Å². The van der Waals surface area contributed by atoms with E-state index in [0.717, 1.165) is 69.7 Å². The molecule has 0 radical (unpaired) electrons. The smallest absolute Gasteiger partial charge is 0.260 e. The molecule has 2 amide bonds. The standard InChI is InChI=1S/C25H35N3O3/c1-18-4-2-5-22(12-18)31-17-25(30)26-10-8-21(9-11-26)27-14-19-13-20(16-27)23-6-3-7-24(29)28(23)15-19/h2,4-5,12,19-21,23H,3,6-11,13-17H2,1H3/t19?,20?,23-/m1/s1. The summed E-state index contributed by atoms with van der Waals surface area (Å²) in [6.45, 7) is 6.98. The molecule has 0 aromatic heterocycles.